The monoisotopic (exact) mass is 469 g/mol. The highest BCUT2D eigenvalue weighted by molar-refractivity contribution is 5.77. The fourth-order valence-corrected chi connectivity index (χ4v) is 4.25. The molecule has 0 N–H and O–H groups in total. The van der Waals surface area contributed by atoms with Crippen LogP contribution < -0.4 is 16.1 Å². The normalized spacial score (nSPS) is 12.2. The van der Waals surface area contributed by atoms with Gasteiger partial charge in [-0.3, -0.25) is 9.48 Å². The molecule has 2 aromatic carbocycles. The molecule has 0 aliphatic carbocycles. The third kappa shape index (κ3) is 3.90. The Morgan fingerprint density at radius 2 is 1.57 bits per heavy atom. The van der Waals surface area contributed by atoms with Crippen molar-refractivity contribution in [2.24, 2.45) is 7.05 Å². The number of methoxy groups -OCH3 is 1. The molecular weight excluding hydrogens is 446 g/mol. The van der Waals surface area contributed by atoms with E-state index in [1.165, 1.54) is 19.4 Å². The maximum atomic E-state index is 13.2. The van der Waals surface area contributed by atoms with E-state index in [1.807, 2.05) is 60.7 Å². The third-order valence-corrected chi connectivity index (χ3v) is 5.99. The van der Waals surface area contributed by atoms with E-state index in [2.05, 4.69) is 10.1 Å². The largest absolute Gasteiger partial charge is 0.493 e. The summed E-state index contributed by atoms with van der Waals surface area (Å²) in [6.45, 7) is 1.68. The van der Waals surface area contributed by atoms with Crippen LogP contribution in [0.5, 0.6) is 5.75 Å². The highest BCUT2D eigenvalue weighted by Gasteiger charge is 2.27. The molecule has 0 unspecified atom stereocenters. The van der Waals surface area contributed by atoms with Crippen LogP contribution in [0.1, 0.15) is 41.7 Å². The molecule has 176 valence electrons. The summed E-state index contributed by atoms with van der Waals surface area (Å²) in [5, 5.41) is 4.58. The van der Waals surface area contributed by atoms with Crippen LogP contribution in [0.25, 0.3) is 11.1 Å². The van der Waals surface area contributed by atoms with Crippen LogP contribution in [-0.4, -0.2) is 31.4 Å². The summed E-state index contributed by atoms with van der Waals surface area (Å²) in [5.74, 6) is 0.235. The van der Waals surface area contributed by atoms with Crippen LogP contribution >= 0.6 is 0 Å². The van der Waals surface area contributed by atoms with Gasteiger partial charge in [-0.15, -0.1) is 0 Å². The molecule has 0 aliphatic heterocycles. The molecule has 9 heteroatoms. The Hall–Kier alpha value is -4.53. The quantitative estimate of drug-likeness (QED) is 0.376. The average Bonchev–Trinajstić information content (AvgIpc) is 3.26. The minimum atomic E-state index is -0.835. The molecule has 35 heavy (non-hydrogen) atoms. The first kappa shape index (κ1) is 22.3. The second-order valence-electron chi connectivity index (χ2n) is 8.12. The van der Waals surface area contributed by atoms with Crippen LogP contribution in [-0.2, 0) is 7.05 Å². The van der Waals surface area contributed by atoms with E-state index < -0.39 is 17.4 Å². The number of nitrogens with zero attached hydrogens (tertiary/aromatic N) is 5. The number of hydrogen-bond donors (Lipinski definition) is 0. The zero-order chi connectivity index (χ0) is 24.5. The van der Waals surface area contributed by atoms with Crippen molar-refractivity contribution in [3.05, 3.63) is 117 Å². The summed E-state index contributed by atoms with van der Waals surface area (Å²) in [5.41, 5.74) is 1.51. The predicted octanol–water partition coefficient (Wildman–Crippen LogP) is 3.28. The summed E-state index contributed by atoms with van der Waals surface area (Å²) in [7, 11) is 3.23. The number of fused-ring (bicyclic) bond motifs is 1. The van der Waals surface area contributed by atoms with Crippen molar-refractivity contribution in [2.45, 2.75) is 18.9 Å². The van der Waals surface area contributed by atoms with E-state index in [1.54, 1.807) is 18.7 Å². The molecule has 0 bridgehead atoms. The number of aromatic nitrogens is 5. The Labute approximate surface area is 200 Å². The number of pyridine rings is 1. The summed E-state index contributed by atoms with van der Waals surface area (Å²) < 4.78 is 13.3. The van der Waals surface area contributed by atoms with E-state index >= 15 is 0 Å². The van der Waals surface area contributed by atoms with E-state index in [0.717, 1.165) is 15.7 Å². The second-order valence-corrected chi connectivity index (χ2v) is 8.12. The maximum Gasteiger partial charge on any atom is 0.423 e. The summed E-state index contributed by atoms with van der Waals surface area (Å²) >= 11 is 0. The van der Waals surface area contributed by atoms with Gasteiger partial charge in [0.2, 0.25) is 5.58 Å². The summed E-state index contributed by atoms with van der Waals surface area (Å²) in [6.07, 6.45) is 1.43. The van der Waals surface area contributed by atoms with Crippen molar-refractivity contribution in [2.75, 3.05) is 7.11 Å². The van der Waals surface area contributed by atoms with Crippen molar-refractivity contribution in [1.82, 2.24) is 24.3 Å². The van der Waals surface area contributed by atoms with Gasteiger partial charge in [0.15, 0.2) is 17.1 Å². The molecule has 1 atom stereocenters. The van der Waals surface area contributed by atoms with E-state index in [9.17, 15) is 9.59 Å². The lowest BCUT2D eigenvalue weighted by molar-refractivity contribution is 0.388. The van der Waals surface area contributed by atoms with Crippen molar-refractivity contribution in [3.63, 3.8) is 0 Å². The van der Waals surface area contributed by atoms with Gasteiger partial charge in [0, 0.05) is 19.3 Å². The highest BCUT2D eigenvalue weighted by atomic mass is 16.5. The van der Waals surface area contributed by atoms with Crippen molar-refractivity contribution < 1.29 is 9.15 Å². The maximum absolute atomic E-state index is 13.2. The highest BCUT2D eigenvalue weighted by Crippen LogP contribution is 2.31. The lowest BCUT2D eigenvalue weighted by atomic mass is 9.90. The van der Waals surface area contributed by atoms with Crippen LogP contribution in [0.4, 0.5) is 0 Å². The fraction of sp³-hybridized carbons (Fsp3) is 0.192. The van der Waals surface area contributed by atoms with Crippen molar-refractivity contribution in [3.8, 4) is 5.75 Å². The van der Waals surface area contributed by atoms with Crippen LogP contribution in [0.3, 0.4) is 0 Å². The molecule has 0 saturated heterocycles. The number of ether oxygens (including phenoxy) is 1. The number of hydrogen-bond acceptors (Lipinski definition) is 7. The Morgan fingerprint density at radius 3 is 2.17 bits per heavy atom. The van der Waals surface area contributed by atoms with Crippen molar-refractivity contribution >= 4 is 11.1 Å². The van der Waals surface area contributed by atoms with Gasteiger partial charge >= 0.3 is 5.76 Å². The zero-order valence-electron chi connectivity index (χ0n) is 19.5. The molecule has 0 aliphatic rings. The average molecular weight is 470 g/mol. The molecule has 3 aromatic heterocycles. The van der Waals surface area contributed by atoms with Gasteiger partial charge in [0.05, 0.1) is 13.0 Å². The lowest BCUT2D eigenvalue weighted by Crippen LogP contribution is -2.36. The van der Waals surface area contributed by atoms with Gasteiger partial charge in [0.25, 0.3) is 5.56 Å². The first-order valence-electron chi connectivity index (χ1n) is 11.1. The molecule has 5 aromatic rings. The molecule has 0 amide bonds. The minimum Gasteiger partial charge on any atom is -0.493 e. The zero-order valence-corrected chi connectivity index (χ0v) is 19.5. The third-order valence-electron chi connectivity index (χ3n) is 5.99. The number of benzene rings is 2. The smallest absolute Gasteiger partial charge is 0.423 e. The minimum absolute atomic E-state index is 0.00148. The Balaban J connectivity index is 1.63. The molecule has 5 rings (SSSR count). The fourth-order valence-electron chi connectivity index (χ4n) is 4.25. The van der Waals surface area contributed by atoms with Crippen molar-refractivity contribution in [1.29, 1.82) is 0 Å². The lowest BCUT2D eigenvalue weighted by Gasteiger charge is -2.17. The Bertz CT molecular complexity index is 1570. The van der Waals surface area contributed by atoms with Gasteiger partial charge < -0.3 is 9.15 Å². The first-order chi connectivity index (χ1) is 17.0. The predicted molar refractivity (Wildman–Crippen MR) is 130 cm³/mol. The van der Waals surface area contributed by atoms with E-state index in [-0.39, 0.29) is 22.8 Å². The van der Waals surface area contributed by atoms with E-state index in [4.69, 9.17) is 14.1 Å². The molecule has 0 fully saturated rings. The van der Waals surface area contributed by atoms with Gasteiger partial charge in [-0.25, -0.2) is 19.3 Å². The molecule has 9 nitrogen and oxygen atoms in total. The molecule has 0 radical (unpaired) electrons. The summed E-state index contributed by atoms with van der Waals surface area (Å²) in [6, 6.07) is 20.7. The van der Waals surface area contributed by atoms with Gasteiger partial charge in [-0.2, -0.15) is 5.10 Å². The first-order valence-corrected chi connectivity index (χ1v) is 11.1. The Kier molecular flexibility index (Phi) is 5.74. The SMILES string of the molecule is COc1ccnc2c(=O)n([C@@H](C)c3nc(C(c4ccccc4)c4ccccc4)n(C)n3)c(=O)oc12. The van der Waals surface area contributed by atoms with Gasteiger partial charge in [-0.1, -0.05) is 60.7 Å². The Morgan fingerprint density at radius 1 is 0.943 bits per heavy atom. The topological polar surface area (TPSA) is 105 Å². The number of rotatable bonds is 6. The standard InChI is InChI=1S/C26H23N5O4/c1-16(31-25(32)21-22(35-26(31)33)19(34-3)14-15-27-21)23-28-24(30(2)29-23)20(17-10-6-4-7-11-17)18-12-8-5-9-13-18/h4-16,20H,1-3H3/t16-/m0/s1. The second kappa shape index (κ2) is 9.02. The molecule has 0 spiro atoms. The van der Waals surface area contributed by atoms with Gasteiger partial charge in [0.1, 0.15) is 11.9 Å². The van der Waals surface area contributed by atoms with Gasteiger partial charge in [-0.05, 0) is 18.1 Å². The van der Waals surface area contributed by atoms with Crippen LogP contribution in [0.15, 0.2) is 86.9 Å². The van der Waals surface area contributed by atoms with Crippen LogP contribution in [0.2, 0.25) is 0 Å². The molecule has 3 heterocycles. The molecular formula is C26H23N5O4. The summed E-state index contributed by atoms with van der Waals surface area (Å²) in [4.78, 5) is 35.0. The van der Waals surface area contributed by atoms with E-state index in [0.29, 0.717) is 11.6 Å². The molecule has 0 saturated carbocycles. The van der Waals surface area contributed by atoms with Crippen LogP contribution in [0, 0.1) is 0 Å². The number of aryl methyl sites for hydroxylation is 1.